The standard InChI is InChI=1S/C13H23NO2/c1-10(13(15)16-2)9-14-8-4-6-11-5-3-7-12(11)14/h10-12H,3-9H2,1-2H3. The Kier molecular flexibility index (Phi) is 3.85. The zero-order valence-corrected chi connectivity index (χ0v) is 10.4. The largest absolute Gasteiger partial charge is 0.469 e. The van der Waals surface area contributed by atoms with Crippen molar-refractivity contribution < 1.29 is 9.53 Å². The molecule has 1 aliphatic carbocycles. The van der Waals surface area contributed by atoms with Crippen LogP contribution in [0, 0.1) is 11.8 Å². The van der Waals surface area contributed by atoms with E-state index in [1.165, 1.54) is 45.8 Å². The predicted molar refractivity (Wildman–Crippen MR) is 63.1 cm³/mol. The van der Waals surface area contributed by atoms with Gasteiger partial charge in [-0.15, -0.1) is 0 Å². The summed E-state index contributed by atoms with van der Waals surface area (Å²) in [5.41, 5.74) is 0. The molecule has 0 spiro atoms. The minimum atomic E-state index is -0.0693. The van der Waals surface area contributed by atoms with E-state index in [0.717, 1.165) is 18.5 Å². The quantitative estimate of drug-likeness (QED) is 0.689. The minimum absolute atomic E-state index is 0.0179. The normalized spacial score (nSPS) is 32.1. The lowest BCUT2D eigenvalue weighted by Gasteiger charge is -2.38. The fraction of sp³-hybridized carbons (Fsp3) is 0.923. The molecule has 2 aliphatic rings. The van der Waals surface area contributed by atoms with Crippen molar-refractivity contribution in [2.45, 2.75) is 45.1 Å². The van der Waals surface area contributed by atoms with E-state index in [0.29, 0.717) is 0 Å². The van der Waals surface area contributed by atoms with Gasteiger partial charge in [0.15, 0.2) is 0 Å². The number of rotatable bonds is 3. The third-order valence-corrected chi connectivity index (χ3v) is 4.22. The molecule has 3 heteroatoms. The first-order valence-corrected chi connectivity index (χ1v) is 6.54. The maximum atomic E-state index is 11.4. The van der Waals surface area contributed by atoms with Gasteiger partial charge in [0.25, 0.3) is 0 Å². The van der Waals surface area contributed by atoms with Crippen LogP contribution in [0.1, 0.15) is 39.0 Å². The lowest BCUT2D eigenvalue weighted by molar-refractivity contribution is -0.145. The summed E-state index contributed by atoms with van der Waals surface area (Å²) in [6, 6.07) is 0.751. The average Bonchev–Trinajstić information content (AvgIpc) is 2.77. The summed E-state index contributed by atoms with van der Waals surface area (Å²) in [6.07, 6.45) is 6.80. The van der Waals surface area contributed by atoms with Crippen molar-refractivity contribution in [2.75, 3.05) is 20.2 Å². The zero-order valence-electron chi connectivity index (χ0n) is 10.4. The summed E-state index contributed by atoms with van der Waals surface area (Å²) in [6.45, 7) is 4.03. The van der Waals surface area contributed by atoms with Gasteiger partial charge in [-0.25, -0.2) is 0 Å². The van der Waals surface area contributed by atoms with Gasteiger partial charge in [-0.3, -0.25) is 9.69 Å². The zero-order chi connectivity index (χ0) is 11.5. The maximum Gasteiger partial charge on any atom is 0.309 e. The monoisotopic (exact) mass is 225 g/mol. The molecular weight excluding hydrogens is 202 g/mol. The van der Waals surface area contributed by atoms with Gasteiger partial charge in [0.1, 0.15) is 0 Å². The first-order chi connectivity index (χ1) is 7.72. The van der Waals surface area contributed by atoms with Crippen LogP contribution in [-0.2, 0) is 9.53 Å². The van der Waals surface area contributed by atoms with Crippen LogP contribution in [-0.4, -0.2) is 37.1 Å². The van der Waals surface area contributed by atoms with Crippen LogP contribution < -0.4 is 0 Å². The first-order valence-electron chi connectivity index (χ1n) is 6.54. The number of carbonyl (C=O) groups is 1. The number of piperidine rings is 1. The van der Waals surface area contributed by atoms with Gasteiger partial charge in [0.05, 0.1) is 13.0 Å². The topological polar surface area (TPSA) is 29.5 Å². The Hall–Kier alpha value is -0.570. The van der Waals surface area contributed by atoms with Gasteiger partial charge >= 0.3 is 5.97 Å². The summed E-state index contributed by atoms with van der Waals surface area (Å²) in [5, 5.41) is 0. The number of hydrogen-bond acceptors (Lipinski definition) is 3. The molecule has 3 unspecified atom stereocenters. The number of hydrogen-bond donors (Lipinski definition) is 0. The highest BCUT2D eigenvalue weighted by Gasteiger charge is 2.35. The van der Waals surface area contributed by atoms with Gasteiger partial charge in [0, 0.05) is 12.6 Å². The molecular formula is C13H23NO2. The van der Waals surface area contributed by atoms with Gasteiger partial charge in [-0.1, -0.05) is 13.3 Å². The fourth-order valence-electron chi connectivity index (χ4n) is 3.41. The Bertz CT molecular complexity index is 254. The third kappa shape index (κ3) is 2.40. The molecule has 92 valence electrons. The molecule has 1 heterocycles. The molecule has 0 bridgehead atoms. The van der Waals surface area contributed by atoms with E-state index in [4.69, 9.17) is 4.74 Å². The Morgan fingerprint density at radius 1 is 1.38 bits per heavy atom. The average molecular weight is 225 g/mol. The van der Waals surface area contributed by atoms with Crippen LogP contribution in [0.15, 0.2) is 0 Å². The van der Waals surface area contributed by atoms with E-state index in [-0.39, 0.29) is 11.9 Å². The molecule has 3 nitrogen and oxygen atoms in total. The molecule has 0 radical (unpaired) electrons. The van der Waals surface area contributed by atoms with E-state index in [1.54, 1.807) is 0 Å². The molecule has 0 amide bonds. The summed E-state index contributed by atoms with van der Waals surface area (Å²) in [5.74, 6) is 0.850. The lowest BCUT2D eigenvalue weighted by Crippen LogP contribution is -2.45. The van der Waals surface area contributed by atoms with Gasteiger partial charge in [0.2, 0.25) is 0 Å². The molecule has 1 aliphatic heterocycles. The Morgan fingerprint density at radius 3 is 2.88 bits per heavy atom. The second kappa shape index (κ2) is 5.17. The van der Waals surface area contributed by atoms with Gasteiger partial charge < -0.3 is 4.74 Å². The van der Waals surface area contributed by atoms with Crippen molar-refractivity contribution in [3.63, 3.8) is 0 Å². The number of likely N-dealkylation sites (tertiary alicyclic amines) is 1. The molecule has 2 rings (SSSR count). The van der Waals surface area contributed by atoms with Crippen molar-refractivity contribution in [1.82, 2.24) is 4.90 Å². The molecule has 0 aromatic carbocycles. The first kappa shape index (κ1) is 11.9. The van der Waals surface area contributed by atoms with Crippen molar-refractivity contribution in [1.29, 1.82) is 0 Å². The number of fused-ring (bicyclic) bond motifs is 1. The highest BCUT2D eigenvalue weighted by atomic mass is 16.5. The fourth-order valence-corrected chi connectivity index (χ4v) is 3.41. The van der Waals surface area contributed by atoms with E-state index >= 15 is 0 Å². The number of esters is 1. The number of carbonyl (C=O) groups excluding carboxylic acids is 1. The molecule has 0 N–H and O–H groups in total. The molecule has 16 heavy (non-hydrogen) atoms. The second-order valence-corrected chi connectivity index (χ2v) is 5.32. The predicted octanol–water partition coefficient (Wildman–Crippen LogP) is 2.06. The van der Waals surface area contributed by atoms with Crippen LogP contribution >= 0.6 is 0 Å². The van der Waals surface area contributed by atoms with Crippen LogP contribution in [0.5, 0.6) is 0 Å². The Morgan fingerprint density at radius 2 is 2.12 bits per heavy atom. The highest BCUT2D eigenvalue weighted by Crippen LogP contribution is 2.36. The summed E-state index contributed by atoms with van der Waals surface area (Å²) in [7, 11) is 1.48. The van der Waals surface area contributed by atoms with E-state index < -0.39 is 0 Å². The highest BCUT2D eigenvalue weighted by molar-refractivity contribution is 5.72. The lowest BCUT2D eigenvalue weighted by atomic mass is 9.91. The van der Waals surface area contributed by atoms with E-state index in [2.05, 4.69) is 4.90 Å². The molecule has 2 fully saturated rings. The number of nitrogens with zero attached hydrogens (tertiary/aromatic N) is 1. The molecule has 0 aromatic heterocycles. The van der Waals surface area contributed by atoms with Crippen LogP contribution in [0.3, 0.4) is 0 Å². The summed E-state index contributed by atoms with van der Waals surface area (Å²) < 4.78 is 4.80. The summed E-state index contributed by atoms with van der Waals surface area (Å²) >= 11 is 0. The molecule has 0 aromatic rings. The third-order valence-electron chi connectivity index (χ3n) is 4.22. The van der Waals surface area contributed by atoms with Crippen molar-refractivity contribution in [3.8, 4) is 0 Å². The van der Waals surface area contributed by atoms with Gasteiger partial charge in [-0.05, 0) is 38.1 Å². The summed E-state index contributed by atoms with van der Waals surface area (Å²) in [4.78, 5) is 14.0. The maximum absolute atomic E-state index is 11.4. The van der Waals surface area contributed by atoms with E-state index in [9.17, 15) is 4.79 Å². The van der Waals surface area contributed by atoms with Crippen LogP contribution in [0.2, 0.25) is 0 Å². The number of methoxy groups -OCH3 is 1. The van der Waals surface area contributed by atoms with Crippen LogP contribution in [0.4, 0.5) is 0 Å². The van der Waals surface area contributed by atoms with Gasteiger partial charge in [-0.2, -0.15) is 0 Å². The van der Waals surface area contributed by atoms with E-state index in [1.807, 2.05) is 6.92 Å². The SMILES string of the molecule is COC(=O)C(C)CN1CCCC2CCCC21. The molecule has 3 atom stereocenters. The smallest absolute Gasteiger partial charge is 0.309 e. The molecule has 1 saturated heterocycles. The van der Waals surface area contributed by atoms with Crippen molar-refractivity contribution >= 4 is 5.97 Å². The Balaban J connectivity index is 1.90. The molecule has 1 saturated carbocycles. The number of ether oxygens (including phenoxy) is 1. The van der Waals surface area contributed by atoms with Crippen LogP contribution in [0.25, 0.3) is 0 Å². The second-order valence-electron chi connectivity index (χ2n) is 5.32. The Labute approximate surface area is 98.1 Å². The minimum Gasteiger partial charge on any atom is -0.469 e. The van der Waals surface area contributed by atoms with Crippen molar-refractivity contribution in [3.05, 3.63) is 0 Å². The van der Waals surface area contributed by atoms with Crippen molar-refractivity contribution in [2.24, 2.45) is 11.8 Å².